The molecule has 0 aliphatic carbocycles. The predicted molar refractivity (Wildman–Crippen MR) is 50.7 cm³/mol. The van der Waals surface area contributed by atoms with Crippen molar-refractivity contribution < 1.29 is 0 Å². The first-order valence-electron chi connectivity index (χ1n) is 4.08. The first kappa shape index (κ1) is 8.44. The Labute approximate surface area is 80.6 Å². The highest BCUT2D eigenvalue weighted by molar-refractivity contribution is 6.28. The molecule has 2 heterocycles. The van der Waals surface area contributed by atoms with E-state index < -0.39 is 0 Å². The summed E-state index contributed by atoms with van der Waals surface area (Å²) in [6.45, 7) is 4.74. The molecule has 0 aliphatic rings. The van der Waals surface area contributed by atoms with Gasteiger partial charge in [0.25, 0.3) is 0 Å². The van der Waals surface area contributed by atoms with Crippen molar-refractivity contribution in [3.63, 3.8) is 0 Å². The molecule has 0 amide bonds. The van der Waals surface area contributed by atoms with Crippen LogP contribution in [0.2, 0.25) is 5.28 Å². The number of aromatic nitrogens is 4. The van der Waals surface area contributed by atoms with Crippen LogP contribution in [-0.4, -0.2) is 19.7 Å². The third-order valence-corrected chi connectivity index (χ3v) is 2.13. The second-order valence-corrected chi connectivity index (χ2v) is 3.12. The zero-order valence-electron chi connectivity index (χ0n) is 7.45. The van der Waals surface area contributed by atoms with Crippen LogP contribution in [0, 0.1) is 6.92 Å². The van der Waals surface area contributed by atoms with Crippen molar-refractivity contribution in [2.24, 2.45) is 0 Å². The number of nitrogens with zero attached hydrogens (tertiary/aromatic N) is 4. The van der Waals surface area contributed by atoms with Crippen LogP contribution < -0.4 is 0 Å². The summed E-state index contributed by atoms with van der Waals surface area (Å²) in [4.78, 5) is 8.04. The molecule has 0 bridgehead atoms. The van der Waals surface area contributed by atoms with Gasteiger partial charge in [-0.2, -0.15) is 10.1 Å². The Kier molecular flexibility index (Phi) is 1.92. The second kappa shape index (κ2) is 2.96. The van der Waals surface area contributed by atoms with Crippen LogP contribution >= 0.6 is 11.6 Å². The van der Waals surface area contributed by atoms with Crippen molar-refractivity contribution in [2.45, 2.75) is 20.4 Å². The van der Waals surface area contributed by atoms with E-state index in [-0.39, 0.29) is 5.28 Å². The van der Waals surface area contributed by atoms with E-state index in [1.165, 1.54) is 0 Å². The van der Waals surface area contributed by atoms with Gasteiger partial charge in [0.1, 0.15) is 0 Å². The van der Waals surface area contributed by atoms with E-state index in [4.69, 9.17) is 11.6 Å². The molecule has 2 rings (SSSR count). The molecule has 0 radical (unpaired) electrons. The maximum atomic E-state index is 5.69. The van der Waals surface area contributed by atoms with Crippen LogP contribution in [0.1, 0.15) is 12.6 Å². The molecular weight excluding hydrogens is 188 g/mol. The molecule has 0 unspecified atom stereocenters. The minimum absolute atomic E-state index is 0.266. The molecule has 0 spiro atoms. The van der Waals surface area contributed by atoms with Crippen LogP contribution in [0.5, 0.6) is 0 Å². The number of fused-ring (bicyclic) bond motifs is 1. The maximum Gasteiger partial charge on any atom is 0.224 e. The molecule has 0 saturated carbocycles. The molecule has 13 heavy (non-hydrogen) atoms. The van der Waals surface area contributed by atoms with Gasteiger partial charge >= 0.3 is 0 Å². The molecule has 0 saturated heterocycles. The monoisotopic (exact) mass is 196 g/mol. The fourth-order valence-corrected chi connectivity index (χ4v) is 1.44. The lowest BCUT2D eigenvalue weighted by molar-refractivity contribution is 0.669. The Bertz CT molecular complexity index is 449. The van der Waals surface area contributed by atoms with E-state index in [2.05, 4.69) is 15.1 Å². The summed E-state index contributed by atoms with van der Waals surface area (Å²) in [6, 6.07) is 0. The molecule has 2 aromatic rings. The summed E-state index contributed by atoms with van der Waals surface area (Å²) in [6.07, 6.45) is 1.71. The Morgan fingerprint density at radius 1 is 1.54 bits per heavy atom. The summed E-state index contributed by atoms with van der Waals surface area (Å²) in [5, 5.41) is 5.53. The first-order valence-corrected chi connectivity index (χ1v) is 4.46. The van der Waals surface area contributed by atoms with Gasteiger partial charge in [-0.25, -0.2) is 9.67 Å². The molecular formula is C8H9ClN4. The van der Waals surface area contributed by atoms with E-state index in [0.29, 0.717) is 0 Å². The summed E-state index contributed by atoms with van der Waals surface area (Å²) in [7, 11) is 0. The van der Waals surface area contributed by atoms with Crippen LogP contribution in [0.3, 0.4) is 0 Å². The fraction of sp³-hybridized carbons (Fsp3) is 0.375. The summed E-state index contributed by atoms with van der Waals surface area (Å²) in [5.74, 6) is 0. The number of halogens is 1. The van der Waals surface area contributed by atoms with E-state index in [0.717, 1.165) is 23.3 Å². The molecule has 68 valence electrons. The van der Waals surface area contributed by atoms with Crippen molar-refractivity contribution in [1.82, 2.24) is 19.7 Å². The Morgan fingerprint density at radius 2 is 2.31 bits per heavy atom. The second-order valence-electron chi connectivity index (χ2n) is 2.78. The Hall–Kier alpha value is -1.16. The molecule has 0 atom stereocenters. The highest BCUT2D eigenvalue weighted by atomic mass is 35.5. The fourth-order valence-electron chi connectivity index (χ4n) is 1.31. The van der Waals surface area contributed by atoms with Crippen molar-refractivity contribution in [3.8, 4) is 0 Å². The summed E-state index contributed by atoms with van der Waals surface area (Å²) in [5.41, 5.74) is 1.74. The van der Waals surface area contributed by atoms with Crippen molar-refractivity contribution >= 4 is 22.6 Å². The van der Waals surface area contributed by atoms with Crippen molar-refractivity contribution in [1.29, 1.82) is 0 Å². The Morgan fingerprint density at radius 3 is 3.00 bits per heavy atom. The zero-order chi connectivity index (χ0) is 9.42. The van der Waals surface area contributed by atoms with E-state index in [1.807, 2.05) is 18.5 Å². The van der Waals surface area contributed by atoms with Gasteiger partial charge in [0.05, 0.1) is 11.1 Å². The van der Waals surface area contributed by atoms with Gasteiger partial charge in [-0.1, -0.05) is 0 Å². The van der Waals surface area contributed by atoms with Crippen molar-refractivity contribution in [3.05, 3.63) is 17.2 Å². The average Bonchev–Trinajstić information content (AvgIpc) is 2.42. The number of hydrogen-bond acceptors (Lipinski definition) is 3. The van der Waals surface area contributed by atoms with Crippen LogP contribution in [0.15, 0.2) is 6.20 Å². The van der Waals surface area contributed by atoms with Crippen LogP contribution in [0.4, 0.5) is 0 Å². The largest absolute Gasteiger partial charge is 0.247 e. The summed E-state index contributed by atoms with van der Waals surface area (Å²) < 4.78 is 1.82. The lowest BCUT2D eigenvalue weighted by atomic mass is 10.3. The van der Waals surface area contributed by atoms with Gasteiger partial charge in [-0.05, 0) is 25.4 Å². The van der Waals surface area contributed by atoms with Gasteiger partial charge in [0.2, 0.25) is 5.28 Å². The van der Waals surface area contributed by atoms with Gasteiger partial charge < -0.3 is 0 Å². The standard InChI is InChI=1S/C8H9ClN4/c1-3-13-7-6(5(2)12-13)4-10-8(9)11-7/h4H,3H2,1-2H3. The van der Waals surface area contributed by atoms with Gasteiger partial charge in [0.15, 0.2) is 5.65 Å². The van der Waals surface area contributed by atoms with E-state index in [9.17, 15) is 0 Å². The highest BCUT2D eigenvalue weighted by Crippen LogP contribution is 2.16. The number of aryl methyl sites for hydroxylation is 2. The van der Waals surface area contributed by atoms with Gasteiger partial charge in [0, 0.05) is 12.7 Å². The minimum Gasteiger partial charge on any atom is -0.247 e. The third-order valence-electron chi connectivity index (χ3n) is 1.94. The minimum atomic E-state index is 0.266. The normalized spacial score (nSPS) is 11.0. The first-order chi connectivity index (χ1) is 6.22. The highest BCUT2D eigenvalue weighted by Gasteiger charge is 2.07. The lowest BCUT2D eigenvalue weighted by Gasteiger charge is -1.95. The smallest absolute Gasteiger partial charge is 0.224 e. The molecule has 0 N–H and O–H groups in total. The van der Waals surface area contributed by atoms with E-state index in [1.54, 1.807) is 6.20 Å². The molecule has 0 fully saturated rings. The Balaban J connectivity index is 2.81. The maximum absolute atomic E-state index is 5.69. The number of hydrogen-bond donors (Lipinski definition) is 0. The topological polar surface area (TPSA) is 43.6 Å². The molecule has 5 heteroatoms. The lowest BCUT2D eigenvalue weighted by Crippen LogP contribution is -1.97. The molecule has 0 aromatic carbocycles. The molecule has 4 nitrogen and oxygen atoms in total. The van der Waals surface area contributed by atoms with Gasteiger partial charge in [-0.15, -0.1) is 0 Å². The SMILES string of the molecule is CCn1nc(C)c2cnc(Cl)nc21. The molecule has 2 aromatic heterocycles. The van der Waals surface area contributed by atoms with Crippen molar-refractivity contribution in [2.75, 3.05) is 0 Å². The predicted octanol–water partition coefficient (Wildman–Crippen LogP) is 1.81. The quantitative estimate of drug-likeness (QED) is 0.654. The third kappa shape index (κ3) is 1.27. The number of rotatable bonds is 1. The van der Waals surface area contributed by atoms with E-state index >= 15 is 0 Å². The van der Waals surface area contributed by atoms with Gasteiger partial charge in [-0.3, -0.25) is 0 Å². The van der Waals surface area contributed by atoms with Crippen LogP contribution in [0.25, 0.3) is 11.0 Å². The zero-order valence-corrected chi connectivity index (χ0v) is 8.21. The molecule has 0 aliphatic heterocycles. The average molecular weight is 197 g/mol. The summed E-state index contributed by atoms with van der Waals surface area (Å²) >= 11 is 5.69. The van der Waals surface area contributed by atoms with Crippen LogP contribution in [-0.2, 0) is 6.54 Å².